The van der Waals surface area contributed by atoms with Gasteiger partial charge in [0.25, 0.3) is 0 Å². The predicted molar refractivity (Wildman–Crippen MR) is 50.4 cm³/mol. The standard InChI is InChI=1S/C10H20O3/c1-3-8(2)10(11)13-9-5-4-6-12-7-9/h8-11H,3-7H2,1-2H3/t8-,9?,10?/m1/s1. The maximum Gasteiger partial charge on any atom is 0.157 e. The Hall–Kier alpha value is -0.120. The quantitative estimate of drug-likeness (QED) is 0.680. The van der Waals surface area contributed by atoms with Gasteiger partial charge in [-0.25, -0.2) is 0 Å². The molecule has 1 aliphatic heterocycles. The molecule has 0 aromatic carbocycles. The Bertz CT molecular complexity index is 132. The number of aliphatic hydroxyl groups is 1. The maximum atomic E-state index is 9.59. The first-order valence-electron chi connectivity index (χ1n) is 5.15. The summed E-state index contributed by atoms with van der Waals surface area (Å²) in [5.74, 6) is 0.210. The zero-order valence-electron chi connectivity index (χ0n) is 8.53. The monoisotopic (exact) mass is 188 g/mol. The molecular formula is C10H20O3. The van der Waals surface area contributed by atoms with Gasteiger partial charge in [0, 0.05) is 12.5 Å². The summed E-state index contributed by atoms with van der Waals surface area (Å²) in [6, 6.07) is 0. The SMILES string of the molecule is CC[C@@H](C)C(O)OC1CCCOC1. The summed E-state index contributed by atoms with van der Waals surface area (Å²) in [4.78, 5) is 0. The summed E-state index contributed by atoms with van der Waals surface area (Å²) in [7, 11) is 0. The Kier molecular flexibility index (Phi) is 4.70. The minimum Gasteiger partial charge on any atom is -0.379 e. The summed E-state index contributed by atoms with van der Waals surface area (Å²) < 4.78 is 10.7. The van der Waals surface area contributed by atoms with Crippen molar-refractivity contribution in [2.24, 2.45) is 5.92 Å². The van der Waals surface area contributed by atoms with Crippen LogP contribution in [0.2, 0.25) is 0 Å². The van der Waals surface area contributed by atoms with Crippen LogP contribution in [0.3, 0.4) is 0 Å². The smallest absolute Gasteiger partial charge is 0.157 e. The number of hydrogen-bond acceptors (Lipinski definition) is 3. The molecule has 1 N–H and O–H groups in total. The van der Waals surface area contributed by atoms with Gasteiger partial charge in [0.1, 0.15) is 0 Å². The molecule has 13 heavy (non-hydrogen) atoms. The van der Waals surface area contributed by atoms with E-state index in [1.807, 2.05) is 6.92 Å². The first kappa shape index (κ1) is 11.0. The molecule has 0 radical (unpaired) electrons. The Labute approximate surface area is 80.0 Å². The average Bonchev–Trinajstić information content (AvgIpc) is 2.18. The highest BCUT2D eigenvalue weighted by atomic mass is 16.6. The van der Waals surface area contributed by atoms with E-state index in [2.05, 4.69) is 6.92 Å². The van der Waals surface area contributed by atoms with Crippen molar-refractivity contribution in [2.75, 3.05) is 13.2 Å². The van der Waals surface area contributed by atoms with Crippen molar-refractivity contribution in [1.82, 2.24) is 0 Å². The Morgan fingerprint density at radius 2 is 2.38 bits per heavy atom. The highest BCUT2D eigenvalue weighted by molar-refractivity contribution is 4.64. The van der Waals surface area contributed by atoms with E-state index >= 15 is 0 Å². The van der Waals surface area contributed by atoms with Crippen molar-refractivity contribution in [3.63, 3.8) is 0 Å². The lowest BCUT2D eigenvalue weighted by Gasteiger charge is -2.27. The number of aliphatic hydroxyl groups excluding tert-OH is 1. The van der Waals surface area contributed by atoms with Gasteiger partial charge < -0.3 is 14.6 Å². The molecule has 1 fully saturated rings. The van der Waals surface area contributed by atoms with Crippen molar-refractivity contribution < 1.29 is 14.6 Å². The summed E-state index contributed by atoms with van der Waals surface area (Å²) in [5.41, 5.74) is 0. The summed E-state index contributed by atoms with van der Waals surface area (Å²) in [6.45, 7) is 5.51. The lowest BCUT2D eigenvalue weighted by Crippen LogP contribution is -2.32. The Morgan fingerprint density at radius 1 is 1.62 bits per heavy atom. The molecule has 0 saturated carbocycles. The molecule has 0 bridgehead atoms. The zero-order valence-corrected chi connectivity index (χ0v) is 8.53. The first-order chi connectivity index (χ1) is 6.24. The van der Waals surface area contributed by atoms with Crippen LogP contribution in [0.4, 0.5) is 0 Å². The molecule has 0 aromatic heterocycles. The highest BCUT2D eigenvalue weighted by Crippen LogP contribution is 2.16. The van der Waals surface area contributed by atoms with Crippen molar-refractivity contribution in [3.05, 3.63) is 0 Å². The molecule has 1 saturated heterocycles. The van der Waals surface area contributed by atoms with Gasteiger partial charge in [-0.15, -0.1) is 0 Å². The fourth-order valence-corrected chi connectivity index (χ4v) is 1.35. The van der Waals surface area contributed by atoms with E-state index in [1.165, 1.54) is 0 Å². The van der Waals surface area contributed by atoms with Gasteiger partial charge >= 0.3 is 0 Å². The van der Waals surface area contributed by atoms with Crippen molar-refractivity contribution >= 4 is 0 Å². The molecule has 1 rings (SSSR count). The largest absolute Gasteiger partial charge is 0.379 e. The van der Waals surface area contributed by atoms with Crippen LogP contribution in [0.1, 0.15) is 33.1 Å². The van der Waals surface area contributed by atoms with Gasteiger partial charge in [0.2, 0.25) is 0 Å². The molecule has 3 atom stereocenters. The van der Waals surface area contributed by atoms with Crippen LogP contribution >= 0.6 is 0 Å². The molecule has 3 heteroatoms. The third-order valence-electron chi connectivity index (χ3n) is 2.58. The normalized spacial score (nSPS) is 28.4. The second-order valence-electron chi connectivity index (χ2n) is 3.75. The molecule has 0 amide bonds. The van der Waals surface area contributed by atoms with Gasteiger partial charge in [0.15, 0.2) is 6.29 Å². The van der Waals surface area contributed by atoms with Crippen molar-refractivity contribution in [3.8, 4) is 0 Å². The van der Waals surface area contributed by atoms with Gasteiger partial charge in [-0.05, 0) is 19.3 Å². The molecule has 0 aliphatic carbocycles. The third-order valence-corrected chi connectivity index (χ3v) is 2.58. The molecule has 1 aliphatic rings. The summed E-state index contributed by atoms with van der Waals surface area (Å²) in [6.07, 6.45) is 2.45. The van der Waals surface area contributed by atoms with Crippen LogP contribution in [-0.2, 0) is 9.47 Å². The number of rotatable bonds is 4. The van der Waals surface area contributed by atoms with Crippen molar-refractivity contribution in [2.45, 2.75) is 45.5 Å². The minimum atomic E-state index is -0.628. The molecule has 2 unspecified atom stereocenters. The fourth-order valence-electron chi connectivity index (χ4n) is 1.35. The molecule has 3 nitrogen and oxygen atoms in total. The molecule has 78 valence electrons. The topological polar surface area (TPSA) is 38.7 Å². The van der Waals surface area contributed by atoms with E-state index in [1.54, 1.807) is 0 Å². The van der Waals surface area contributed by atoms with Crippen molar-refractivity contribution in [1.29, 1.82) is 0 Å². The average molecular weight is 188 g/mol. The van der Waals surface area contributed by atoms with E-state index in [0.29, 0.717) is 6.61 Å². The van der Waals surface area contributed by atoms with E-state index in [-0.39, 0.29) is 12.0 Å². The van der Waals surface area contributed by atoms with Crippen LogP contribution in [0.25, 0.3) is 0 Å². The van der Waals surface area contributed by atoms with Crippen LogP contribution in [0, 0.1) is 5.92 Å². The second kappa shape index (κ2) is 5.58. The zero-order chi connectivity index (χ0) is 9.68. The van der Waals surface area contributed by atoms with Crippen LogP contribution in [0.15, 0.2) is 0 Å². The van der Waals surface area contributed by atoms with Gasteiger partial charge in [-0.1, -0.05) is 13.8 Å². The maximum absolute atomic E-state index is 9.59. The minimum absolute atomic E-state index is 0.0951. The summed E-state index contributed by atoms with van der Waals surface area (Å²) >= 11 is 0. The highest BCUT2D eigenvalue weighted by Gasteiger charge is 2.20. The number of hydrogen-bond donors (Lipinski definition) is 1. The first-order valence-corrected chi connectivity index (χ1v) is 5.15. The predicted octanol–water partition coefficient (Wildman–Crippen LogP) is 1.55. The molecular weight excluding hydrogens is 168 g/mol. The van der Waals surface area contributed by atoms with Crippen LogP contribution in [-0.4, -0.2) is 30.7 Å². The third kappa shape index (κ3) is 3.63. The fraction of sp³-hybridized carbons (Fsp3) is 1.00. The van der Waals surface area contributed by atoms with E-state index in [0.717, 1.165) is 25.9 Å². The molecule has 0 spiro atoms. The Balaban J connectivity index is 2.21. The van der Waals surface area contributed by atoms with Gasteiger partial charge in [-0.2, -0.15) is 0 Å². The number of ether oxygens (including phenoxy) is 2. The molecule has 1 heterocycles. The lowest BCUT2D eigenvalue weighted by atomic mass is 10.1. The lowest BCUT2D eigenvalue weighted by molar-refractivity contribution is -0.186. The van der Waals surface area contributed by atoms with Gasteiger partial charge in [-0.3, -0.25) is 0 Å². The molecule has 0 aromatic rings. The van der Waals surface area contributed by atoms with Crippen LogP contribution < -0.4 is 0 Å². The van der Waals surface area contributed by atoms with Gasteiger partial charge in [0.05, 0.1) is 12.7 Å². The second-order valence-corrected chi connectivity index (χ2v) is 3.75. The van der Waals surface area contributed by atoms with E-state index in [9.17, 15) is 5.11 Å². The van der Waals surface area contributed by atoms with E-state index in [4.69, 9.17) is 9.47 Å². The summed E-state index contributed by atoms with van der Waals surface area (Å²) in [5, 5.41) is 9.59. The van der Waals surface area contributed by atoms with Crippen LogP contribution in [0.5, 0.6) is 0 Å². The Morgan fingerprint density at radius 3 is 2.92 bits per heavy atom. The van der Waals surface area contributed by atoms with E-state index < -0.39 is 6.29 Å².